The third-order valence-corrected chi connectivity index (χ3v) is 4.07. The minimum Gasteiger partial charge on any atom is -0.356 e. The molecule has 0 aromatic heterocycles. The Morgan fingerprint density at radius 2 is 1.83 bits per heavy atom. The van der Waals surface area contributed by atoms with E-state index in [1.165, 1.54) is 5.56 Å². The highest BCUT2D eigenvalue weighted by Crippen LogP contribution is 2.22. The summed E-state index contributed by atoms with van der Waals surface area (Å²) in [5, 5.41) is 7.45. The van der Waals surface area contributed by atoms with Crippen molar-refractivity contribution in [2.45, 2.75) is 51.5 Å². The molecule has 0 spiro atoms. The van der Waals surface area contributed by atoms with Crippen LogP contribution >= 0.6 is 0 Å². The van der Waals surface area contributed by atoms with E-state index in [9.17, 15) is 14.4 Å². The molecule has 1 heterocycles. The van der Waals surface area contributed by atoms with Gasteiger partial charge in [-0.25, -0.2) is 4.79 Å². The van der Waals surface area contributed by atoms with E-state index in [0.717, 1.165) is 5.56 Å². The highest BCUT2D eigenvalue weighted by atomic mass is 16.2. The number of aryl methyl sites for hydroxylation is 1. The van der Waals surface area contributed by atoms with Crippen LogP contribution in [0.2, 0.25) is 0 Å². The fourth-order valence-corrected chi connectivity index (χ4v) is 2.54. The van der Waals surface area contributed by atoms with Gasteiger partial charge in [0, 0.05) is 13.0 Å². The van der Waals surface area contributed by atoms with E-state index >= 15 is 0 Å². The lowest BCUT2D eigenvalue weighted by molar-refractivity contribution is -0.122. The average Bonchev–Trinajstić information content (AvgIpc) is 2.82. The van der Waals surface area contributed by atoms with Crippen LogP contribution in [0.3, 0.4) is 0 Å². The molecule has 0 bridgehead atoms. The Bertz CT molecular complexity index is 617. The van der Waals surface area contributed by atoms with E-state index < -0.39 is 12.1 Å². The maximum absolute atomic E-state index is 11.9. The number of benzene rings is 1. The standard InChI is InChI=1S/C18H25N3O3/c1-18(2,3)13-7-4-12(5-8-13)6-9-15(22)19-11-10-14-16(23)21-17(24)20-14/h4-5,7-8,14H,6,9-11H2,1-3H3,(H,19,22)(H2,20,21,23,24). The maximum Gasteiger partial charge on any atom is 0.322 e. The van der Waals surface area contributed by atoms with Gasteiger partial charge in [-0.05, 0) is 29.4 Å². The lowest BCUT2D eigenvalue weighted by Gasteiger charge is -2.19. The summed E-state index contributed by atoms with van der Waals surface area (Å²) in [6, 6.07) is 7.31. The summed E-state index contributed by atoms with van der Waals surface area (Å²) >= 11 is 0. The van der Waals surface area contributed by atoms with Crippen LogP contribution in [0.4, 0.5) is 4.79 Å². The van der Waals surface area contributed by atoms with Crippen LogP contribution in [0.25, 0.3) is 0 Å². The Morgan fingerprint density at radius 1 is 1.17 bits per heavy atom. The first-order valence-corrected chi connectivity index (χ1v) is 8.23. The molecule has 0 saturated carbocycles. The predicted molar refractivity (Wildman–Crippen MR) is 91.6 cm³/mol. The highest BCUT2D eigenvalue weighted by molar-refractivity contribution is 6.04. The molecule has 4 amide bonds. The first kappa shape index (κ1) is 18.0. The molecule has 6 heteroatoms. The number of nitrogens with one attached hydrogen (secondary N) is 3. The zero-order valence-corrected chi connectivity index (χ0v) is 14.4. The van der Waals surface area contributed by atoms with E-state index in [4.69, 9.17) is 0 Å². The van der Waals surface area contributed by atoms with Crippen molar-refractivity contribution < 1.29 is 14.4 Å². The topological polar surface area (TPSA) is 87.3 Å². The first-order valence-electron chi connectivity index (χ1n) is 8.23. The van der Waals surface area contributed by atoms with Crippen LogP contribution in [0, 0.1) is 0 Å². The van der Waals surface area contributed by atoms with Gasteiger partial charge in [0.15, 0.2) is 0 Å². The minimum absolute atomic E-state index is 0.0559. The van der Waals surface area contributed by atoms with Crippen LogP contribution in [0.15, 0.2) is 24.3 Å². The van der Waals surface area contributed by atoms with Crippen molar-refractivity contribution in [3.8, 4) is 0 Å². The Kier molecular flexibility index (Phi) is 5.59. The minimum atomic E-state index is -0.553. The Balaban J connectivity index is 1.69. The average molecular weight is 331 g/mol. The van der Waals surface area contributed by atoms with Crippen molar-refractivity contribution in [1.82, 2.24) is 16.0 Å². The second kappa shape index (κ2) is 7.47. The van der Waals surface area contributed by atoms with Crippen molar-refractivity contribution in [2.24, 2.45) is 0 Å². The molecule has 6 nitrogen and oxygen atoms in total. The number of imide groups is 1. The van der Waals surface area contributed by atoms with Crippen molar-refractivity contribution in [2.75, 3.05) is 6.54 Å². The molecule has 2 rings (SSSR count). The number of amides is 4. The number of carbonyl (C=O) groups excluding carboxylic acids is 3. The molecule has 1 unspecified atom stereocenters. The summed E-state index contributed by atoms with van der Waals surface area (Å²) in [4.78, 5) is 34.2. The van der Waals surface area contributed by atoms with Gasteiger partial charge in [0.2, 0.25) is 5.91 Å². The fraction of sp³-hybridized carbons (Fsp3) is 0.500. The van der Waals surface area contributed by atoms with Gasteiger partial charge in [-0.15, -0.1) is 0 Å². The van der Waals surface area contributed by atoms with Gasteiger partial charge in [-0.3, -0.25) is 14.9 Å². The molecule has 1 aromatic rings. The number of hydrogen-bond acceptors (Lipinski definition) is 3. The van der Waals surface area contributed by atoms with Gasteiger partial charge >= 0.3 is 6.03 Å². The Hall–Kier alpha value is -2.37. The molecular weight excluding hydrogens is 306 g/mol. The SMILES string of the molecule is CC(C)(C)c1ccc(CCC(=O)NCCC2NC(=O)NC2=O)cc1. The van der Waals surface area contributed by atoms with Gasteiger partial charge in [-0.1, -0.05) is 45.0 Å². The van der Waals surface area contributed by atoms with Crippen molar-refractivity contribution in [1.29, 1.82) is 0 Å². The van der Waals surface area contributed by atoms with Crippen molar-refractivity contribution in [3.05, 3.63) is 35.4 Å². The molecule has 1 saturated heterocycles. The van der Waals surface area contributed by atoms with Crippen molar-refractivity contribution >= 4 is 17.8 Å². The number of rotatable bonds is 6. The summed E-state index contributed by atoms with van der Waals surface area (Å²) in [5.41, 5.74) is 2.52. The predicted octanol–water partition coefficient (Wildman–Crippen LogP) is 1.63. The number of carbonyl (C=O) groups is 3. The number of urea groups is 1. The Morgan fingerprint density at radius 3 is 2.38 bits per heavy atom. The van der Waals surface area contributed by atoms with E-state index in [1.54, 1.807) is 0 Å². The molecular formula is C18H25N3O3. The summed E-state index contributed by atoms with van der Waals surface area (Å²) in [7, 11) is 0. The summed E-state index contributed by atoms with van der Waals surface area (Å²) in [6.07, 6.45) is 1.47. The molecule has 1 aliphatic heterocycles. The van der Waals surface area contributed by atoms with Crippen LogP contribution in [-0.2, 0) is 21.4 Å². The molecule has 1 atom stereocenters. The molecule has 130 valence electrons. The van der Waals surface area contributed by atoms with Crippen molar-refractivity contribution in [3.63, 3.8) is 0 Å². The van der Waals surface area contributed by atoms with Crippen LogP contribution in [0.5, 0.6) is 0 Å². The molecule has 3 N–H and O–H groups in total. The molecule has 1 aromatic carbocycles. The largest absolute Gasteiger partial charge is 0.356 e. The lowest BCUT2D eigenvalue weighted by atomic mass is 9.86. The summed E-state index contributed by atoms with van der Waals surface area (Å²) in [6.45, 7) is 6.87. The summed E-state index contributed by atoms with van der Waals surface area (Å²) < 4.78 is 0. The van der Waals surface area contributed by atoms with E-state index in [-0.39, 0.29) is 17.2 Å². The molecule has 24 heavy (non-hydrogen) atoms. The van der Waals surface area contributed by atoms with E-state index in [2.05, 4.69) is 61.0 Å². The fourth-order valence-electron chi connectivity index (χ4n) is 2.54. The van der Waals surface area contributed by atoms with Gasteiger partial charge in [-0.2, -0.15) is 0 Å². The molecule has 0 aliphatic carbocycles. The molecule has 1 fully saturated rings. The van der Waals surface area contributed by atoms with Crippen LogP contribution in [-0.4, -0.2) is 30.4 Å². The van der Waals surface area contributed by atoms with Crippen LogP contribution in [0.1, 0.15) is 44.7 Å². The van der Waals surface area contributed by atoms with Gasteiger partial charge in [0.05, 0.1) is 0 Å². The summed E-state index contributed by atoms with van der Waals surface area (Å²) in [5.74, 6) is -0.396. The van der Waals surface area contributed by atoms with Gasteiger partial charge < -0.3 is 10.6 Å². The zero-order valence-electron chi connectivity index (χ0n) is 14.4. The van der Waals surface area contributed by atoms with Gasteiger partial charge in [0.1, 0.15) is 6.04 Å². The zero-order chi connectivity index (χ0) is 17.7. The second-order valence-electron chi connectivity index (χ2n) is 7.10. The third-order valence-electron chi connectivity index (χ3n) is 4.07. The maximum atomic E-state index is 11.9. The normalized spacial score (nSPS) is 17.4. The second-order valence-corrected chi connectivity index (χ2v) is 7.10. The smallest absolute Gasteiger partial charge is 0.322 e. The first-order chi connectivity index (χ1) is 11.3. The monoisotopic (exact) mass is 331 g/mol. The molecule has 0 radical (unpaired) electrons. The highest BCUT2D eigenvalue weighted by Gasteiger charge is 2.28. The third kappa shape index (κ3) is 5.08. The van der Waals surface area contributed by atoms with Crippen LogP contribution < -0.4 is 16.0 Å². The molecule has 1 aliphatic rings. The quantitative estimate of drug-likeness (QED) is 0.692. The van der Waals surface area contributed by atoms with E-state index in [1.807, 2.05) is 0 Å². The Labute approximate surface area is 142 Å². The van der Waals surface area contributed by atoms with E-state index in [0.29, 0.717) is 25.8 Å². The number of hydrogen-bond donors (Lipinski definition) is 3. The lowest BCUT2D eigenvalue weighted by Crippen LogP contribution is -2.34. The van der Waals surface area contributed by atoms with Gasteiger partial charge in [0.25, 0.3) is 5.91 Å².